The number of ether oxygens (including phenoxy) is 1. The molecule has 0 atom stereocenters. The third-order valence-electron chi connectivity index (χ3n) is 6.79. The van der Waals surface area contributed by atoms with Crippen LogP contribution in [-0.2, 0) is 40.4 Å². The molecule has 0 aliphatic heterocycles. The highest BCUT2D eigenvalue weighted by atomic mass is 16.5. The van der Waals surface area contributed by atoms with Gasteiger partial charge in [-0.2, -0.15) is 0 Å². The van der Waals surface area contributed by atoms with E-state index in [1.165, 1.54) is 29.8 Å². The molecule has 0 fully saturated rings. The van der Waals surface area contributed by atoms with E-state index in [0.717, 1.165) is 16.7 Å². The van der Waals surface area contributed by atoms with Crippen LogP contribution in [0, 0.1) is 6.92 Å². The SMILES string of the molecule is Cc1ccc(CCOC(=O)/C=C/c2ccc(O)c(CO)c2)cc1.O=C(/C=C/c1ccc(O)c(CO)c1)NCCc1ccc(O)cc1. The van der Waals surface area contributed by atoms with Gasteiger partial charge in [-0.25, -0.2) is 4.79 Å². The fourth-order valence-corrected chi connectivity index (χ4v) is 4.13. The summed E-state index contributed by atoms with van der Waals surface area (Å²) in [5.41, 5.74) is 5.61. The summed E-state index contributed by atoms with van der Waals surface area (Å²) in [5, 5.41) is 49.1. The van der Waals surface area contributed by atoms with Crippen molar-refractivity contribution in [2.45, 2.75) is 33.0 Å². The molecule has 0 saturated heterocycles. The second-order valence-corrected chi connectivity index (χ2v) is 10.4. The monoisotopic (exact) mass is 625 g/mol. The van der Waals surface area contributed by atoms with Crippen LogP contribution < -0.4 is 5.32 Å². The second-order valence-electron chi connectivity index (χ2n) is 10.4. The fraction of sp³-hybridized carbons (Fsp3) is 0.189. The molecule has 46 heavy (non-hydrogen) atoms. The van der Waals surface area contributed by atoms with E-state index in [1.807, 2.05) is 43.3 Å². The highest BCUT2D eigenvalue weighted by molar-refractivity contribution is 5.91. The van der Waals surface area contributed by atoms with Crippen LogP contribution in [-0.4, -0.2) is 50.6 Å². The molecule has 0 bridgehead atoms. The van der Waals surface area contributed by atoms with E-state index >= 15 is 0 Å². The molecule has 9 nitrogen and oxygen atoms in total. The lowest BCUT2D eigenvalue weighted by atomic mass is 10.1. The number of hydrogen-bond donors (Lipinski definition) is 6. The Balaban J connectivity index is 0.000000250. The Morgan fingerprint density at radius 3 is 1.78 bits per heavy atom. The van der Waals surface area contributed by atoms with Gasteiger partial charge in [0.15, 0.2) is 0 Å². The van der Waals surface area contributed by atoms with Crippen molar-refractivity contribution >= 4 is 24.0 Å². The Labute approximate surface area is 268 Å². The molecule has 0 aliphatic carbocycles. The number of phenolic OH excluding ortho intramolecular Hbond substituents is 1. The molecule has 1 amide bonds. The van der Waals surface area contributed by atoms with E-state index in [9.17, 15) is 24.9 Å². The first-order valence-corrected chi connectivity index (χ1v) is 14.7. The van der Waals surface area contributed by atoms with Gasteiger partial charge in [0, 0.05) is 36.2 Å². The average molecular weight is 626 g/mol. The molecule has 6 N–H and O–H groups in total. The molecule has 0 aliphatic rings. The van der Waals surface area contributed by atoms with Crippen LogP contribution in [0.5, 0.6) is 17.2 Å². The molecular weight excluding hydrogens is 586 g/mol. The summed E-state index contributed by atoms with van der Waals surface area (Å²) >= 11 is 0. The van der Waals surface area contributed by atoms with Gasteiger partial charge >= 0.3 is 5.97 Å². The van der Waals surface area contributed by atoms with Crippen molar-refractivity contribution in [2.75, 3.05) is 13.2 Å². The van der Waals surface area contributed by atoms with Crippen molar-refractivity contribution in [1.29, 1.82) is 0 Å². The minimum absolute atomic E-state index is 0.0306. The number of nitrogens with one attached hydrogen (secondary N) is 1. The van der Waals surface area contributed by atoms with E-state index in [4.69, 9.17) is 14.9 Å². The van der Waals surface area contributed by atoms with Gasteiger partial charge in [0.2, 0.25) is 5.91 Å². The summed E-state index contributed by atoms with van der Waals surface area (Å²) < 4.78 is 5.15. The van der Waals surface area contributed by atoms with Crippen molar-refractivity contribution in [3.8, 4) is 17.2 Å². The van der Waals surface area contributed by atoms with Crippen molar-refractivity contribution < 1.29 is 39.9 Å². The zero-order valence-electron chi connectivity index (χ0n) is 25.6. The van der Waals surface area contributed by atoms with Crippen LogP contribution in [0.3, 0.4) is 0 Å². The minimum atomic E-state index is -0.421. The van der Waals surface area contributed by atoms with Crippen LogP contribution in [0.15, 0.2) is 97.1 Å². The van der Waals surface area contributed by atoms with Gasteiger partial charge in [-0.15, -0.1) is 0 Å². The minimum Gasteiger partial charge on any atom is -0.508 e. The van der Waals surface area contributed by atoms with Crippen LogP contribution in [0.2, 0.25) is 0 Å². The highest BCUT2D eigenvalue weighted by Gasteiger charge is 2.03. The maximum atomic E-state index is 11.7. The topological polar surface area (TPSA) is 157 Å². The Kier molecular flexibility index (Phi) is 14.1. The summed E-state index contributed by atoms with van der Waals surface area (Å²) in [6.45, 7) is 2.33. The smallest absolute Gasteiger partial charge is 0.330 e. The number of carbonyl (C=O) groups excluding carboxylic acids is 2. The molecular formula is C37H39NO8. The summed E-state index contributed by atoms with van der Waals surface area (Å²) in [6.07, 6.45) is 7.30. The summed E-state index contributed by atoms with van der Waals surface area (Å²) in [5.74, 6) is -0.358. The number of hydrogen-bond acceptors (Lipinski definition) is 8. The number of aliphatic hydroxyl groups is 2. The largest absolute Gasteiger partial charge is 0.508 e. The summed E-state index contributed by atoms with van der Waals surface area (Å²) in [6, 6.07) is 24.5. The molecule has 240 valence electrons. The van der Waals surface area contributed by atoms with Crippen LogP contribution in [0.1, 0.15) is 38.9 Å². The van der Waals surface area contributed by atoms with Crippen molar-refractivity contribution in [1.82, 2.24) is 5.32 Å². The number of esters is 1. The third kappa shape index (κ3) is 12.3. The lowest BCUT2D eigenvalue weighted by Crippen LogP contribution is -2.23. The quantitative estimate of drug-likeness (QED) is 0.0954. The Bertz CT molecular complexity index is 1500. The van der Waals surface area contributed by atoms with Crippen LogP contribution >= 0.6 is 0 Å². The summed E-state index contributed by atoms with van der Waals surface area (Å²) in [4.78, 5) is 23.4. The maximum absolute atomic E-state index is 11.7. The van der Waals surface area contributed by atoms with Gasteiger partial charge in [-0.1, -0.05) is 54.1 Å². The number of carbonyl (C=O) groups is 2. The van der Waals surface area contributed by atoms with Gasteiger partial charge in [0.1, 0.15) is 17.2 Å². The van der Waals surface area contributed by atoms with E-state index < -0.39 is 5.97 Å². The molecule has 0 radical (unpaired) electrons. The number of aryl methyl sites for hydroxylation is 1. The predicted octanol–water partition coefficient (Wildman–Crippen LogP) is 4.95. The molecule has 0 spiro atoms. The number of rotatable bonds is 12. The Morgan fingerprint density at radius 2 is 1.22 bits per heavy atom. The van der Waals surface area contributed by atoms with Gasteiger partial charge in [0.25, 0.3) is 0 Å². The number of aromatic hydroxyl groups is 3. The van der Waals surface area contributed by atoms with E-state index in [-0.39, 0.29) is 36.4 Å². The van der Waals surface area contributed by atoms with Crippen molar-refractivity contribution in [3.63, 3.8) is 0 Å². The van der Waals surface area contributed by atoms with E-state index in [1.54, 1.807) is 48.6 Å². The van der Waals surface area contributed by atoms with Crippen LogP contribution in [0.25, 0.3) is 12.2 Å². The van der Waals surface area contributed by atoms with Crippen molar-refractivity contribution in [2.24, 2.45) is 0 Å². The number of phenols is 3. The molecule has 4 rings (SSSR count). The maximum Gasteiger partial charge on any atom is 0.330 e. The van der Waals surface area contributed by atoms with E-state index in [0.29, 0.717) is 42.7 Å². The molecule has 0 aromatic heterocycles. The van der Waals surface area contributed by atoms with Gasteiger partial charge in [0.05, 0.1) is 19.8 Å². The molecule has 0 saturated carbocycles. The number of amides is 1. The highest BCUT2D eigenvalue weighted by Crippen LogP contribution is 2.20. The summed E-state index contributed by atoms with van der Waals surface area (Å²) in [7, 11) is 0. The zero-order chi connectivity index (χ0) is 33.3. The average Bonchev–Trinajstić information content (AvgIpc) is 3.06. The molecule has 4 aromatic carbocycles. The number of aliphatic hydroxyl groups excluding tert-OH is 2. The van der Waals surface area contributed by atoms with E-state index in [2.05, 4.69) is 5.32 Å². The first-order chi connectivity index (χ1) is 22.2. The van der Waals surface area contributed by atoms with Crippen molar-refractivity contribution in [3.05, 3.63) is 136 Å². The lowest BCUT2D eigenvalue weighted by molar-refractivity contribution is -0.137. The first-order valence-electron chi connectivity index (χ1n) is 14.7. The van der Waals surface area contributed by atoms with Gasteiger partial charge in [-0.05, 0) is 84.1 Å². The Morgan fingerprint density at radius 1 is 0.696 bits per heavy atom. The van der Waals surface area contributed by atoms with Gasteiger partial charge < -0.3 is 35.6 Å². The molecule has 4 aromatic rings. The molecule has 0 heterocycles. The zero-order valence-corrected chi connectivity index (χ0v) is 25.6. The number of benzene rings is 4. The predicted molar refractivity (Wildman–Crippen MR) is 177 cm³/mol. The Hall–Kier alpha value is -5.38. The third-order valence-corrected chi connectivity index (χ3v) is 6.79. The molecule has 9 heteroatoms. The van der Waals surface area contributed by atoms with Gasteiger partial charge in [-0.3, -0.25) is 4.79 Å². The first kappa shape index (κ1) is 35.1. The molecule has 0 unspecified atom stereocenters. The normalized spacial score (nSPS) is 10.8. The standard InChI is InChI=1S/C19H20O4.C18H19NO4/c1-14-2-4-15(5-3-14)10-11-23-19(22)9-7-16-6-8-18(21)17(12-16)13-20;20-12-15-11-14(3-7-17(15)22)4-8-18(23)19-10-9-13-1-5-16(21)6-2-13/h2-9,12,20-21H,10-11,13H2,1H3;1-8,11,20-22H,9-10,12H2,(H,19,23)/b9-7+;8-4+. The fourth-order valence-electron chi connectivity index (χ4n) is 4.13. The lowest BCUT2D eigenvalue weighted by Gasteiger charge is -2.04. The second kappa shape index (κ2) is 18.4. The van der Waals surface area contributed by atoms with Crippen LogP contribution in [0.4, 0.5) is 0 Å².